The van der Waals surface area contributed by atoms with Gasteiger partial charge in [-0.25, -0.2) is 22.7 Å². The Hall–Kier alpha value is -2.11. The van der Waals surface area contributed by atoms with Gasteiger partial charge in [-0.2, -0.15) is 0 Å². The fraction of sp³-hybridized carbons (Fsp3) is 0.600. The van der Waals surface area contributed by atoms with Crippen LogP contribution in [0.3, 0.4) is 0 Å². The van der Waals surface area contributed by atoms with Gasteiger partial charge in [0.1, 0.15) is 12.0 Å². The number of nitrogens with one attached hydrogen (secondary N) is 1. The molecular formula is C15H21N5O5S. The normalized spacial score (nSPS) is 25.6. The third kappa shape index (κ3) is 3.84. The molecule has 0 spiro atoms. The van der Waals surface area contributed by atoms with E-state index in [0.717, 1.165) is 4.31 Å². The van der Waals surface area contributed by atoms with E-state index in [1.807, 2.05) is 4.90 Å². The minimum absolute atomic E-state index is 0.0000319. The maximum Gasteiger partial charge on any atom is 0.270 e. The summed E-state index contributed by atoms with van der Waals surface area (Å²) in [6, 6.07) is 0.684. The van der Waals surface area contributed by atoms with Crippen molar-refractivity contribution < 1.29 is 22.7 Å². The lowest BCUT2D eigenvalue weighted by Crippen LogP contribution is -2.45. The molecule has 0 aliphatic carbocycles. The Balaban J connectivity index is 1.70. The van der Waals surface area contributed by atoms with Crippen molar-refractivity contribution in [3.05, 3.63) is 24.3 Å². The lowest BCUT2D eigenvalue weighted by Gasteiger charge is -2.23. The highest BCUT2D eigenvalue weighted by Gasteiger charge is 2.45. The summed E-state index contributed by atoms with van der Waals surface area (Å²) in [7, 11) is -2.20. The topological polar surface area (TPSA) is 122 Å². The van der Waals surface area contributed by atoms with E-state index in [0.29, 0.717) is 13.0 Å². The smallest absolute Gasteiger partial charge is 0.270 e. The first-order valence-electron chi connectivity index (χ1n) is 8.26. The van der Waals surface area contributed by atoms with Gasteiger partial charge in [0.15, 0.2) is 0 Å². The summed E-state index contributed by atoms with van der Waals surface area (Å²) in [5.74, 6) is -0.935. The predicted molar refractivity (Wildman–Crippen MR) is 90.6 cm³/mol. The van der Waals surface area contributed by atoms with Crippen LogP contribution in [0.2, 0.25) is 0 Å². The van der Waals surface area contributed by atoms with Gasteiger partial charge in [0, 0.05) is 32.4 Å². The maximum absolute atomic E-state index is 12.8. The van der Waals surface area contributed by atoms with Crippen LogP contribution in [-0.4, -0.2) is 90.6 Å². The van der Waals surface area contributed by atoms with Crippen molar-refractivity contribution in [2.75, 3.05) is 39.1 Å². The van der Waals surface area contributed by atoms with Gasteiger partial charge >= 0.3 is 0 Å². The summed E-state index contributed by atoms with van der Waals surface area (Å²) < 4.78 is 30.5. The van der Waals surface area contributed by atoms with Crippen molar-refractivity contribution in [2.45, 2.75) is 18.5 Å². The lowest BCUT2D eigenvalue weighted by atomic mass is 10.1. The van der Waals surface area contributed by atoms with Gasteiger partial charge in [-0.1, -0.05) is 0 Å². The molecule has 3 rings (SSSR count). The molecule has 0 saturated carbocycles. The number of carbonyl (C=O) groups excluding carboxylic acids is 2. The molecule has 26 heavy (non-hydrogen) atoms. The van der Waals surface area contributed by atoms with Crippen molar-refractivity contribution >= 4 is 21.8 Å². The zero-order chi connectivity index (χ0) is 18.7. The summed E-state index contributed by atoms with van der Waals surface area (Å²) >= 11 is 0. The second-order valence-corrected chi connectivity index (χ2v) is 8.24. The molecule has 0 unspecified atom stereocenters. The summed E-state index contributed by atoms with van der Waals surface area (Å²) in [6.45, 7) is 0.814. The number of amides is 2. The van der Waals surface area contributed by atoms with Gasteiger partial charge in [0.25, 0.3) is 11.8 Å². The second-order valence-electron chi connectivity index (χ2n) is 6.23. The zero-order valence-corrected chi connectivity index (χ0v) is 15.2. The minimum Gasteiger partial charge on any atom is -0.383 e. The minimum atomic E-state index is -3.65. The molecule has 2 aliphatic heterocycles. The number of methoxy groups -OCH3 is 1. The van der Waals surface area contributed by atoms with Crippen LogP contribution in [-0.2, 0) is 19.6 Å². The molecule has 2 saturated heterocycles. The van der Waals surface area contributed by atoms with Gasteiger partial charge in [0.05, 0.1) is 24.9 Å². The van der Waals surface area contributed by atoms with E-state index in [-0.39, 0.29) is 43.1 Å². The molecule has 0 bridgehead atoms. The highest BCUT2D eigenvalue weighted by molar-refractivity contribution is 7.89. The van der Waals surface area contributed by atoms with Crippen molar-refractivity contribution in [3.8, 4) is 0 Å². The van der Waals surface area contributed by atoms with Crippen LogP contribution in [0.25, 0.3) is 0 Å². The average molecular weight is 383 g/mol. The third-order valence-electron chi connectivity index (χ3n) is 4.55. The summed E-state index contributed by atoms with van der Waals surface area (Å²) in [4.78, 5) is 34.5. The Morgan fingerprint density at radius 2 is 2.27 bits per heavy atom. The molecule has 1 N–H and O–H groups in total. The van der Waals surface area contributed by atoms with Crippen molar-refractivity contribution in [1.29, 1.82) is 0 Å². The number of sulfonamides is 1. The molecule has 2 atom stereocenters. The summed E-state index contributed by atoms with van der Waals surface area (Å²) in [5, 5.41) is 2.86. The molecular weight excluding hydrogens is 362 g/mol. The SMILES string of the molecule is COCCN1C(=O)[C@@H]2C[C@H](NC(=O)c3ccncn3)CN2CCS1(=O)=O. The fourth-order valence-corrected chi connectivity index (χ4v) is 4.70. The Morgan fingerprint density at radius 1 is 1.46 bits per heavy atom. The number of rotatable bonds is 5. The molecule has 0 radical (unpaired) electrons. The maximum atomic E-state index is 12.8. The van der Waals surface area contributed by atoms with E-state index in [4.69, 9.17) is 4.74 Å². The number of aromatic nitrogens is 2. The standard InChI is InChI=1S/C15H21N5O5S/c1-25-6-4-20-15(22)13-8-11(9-19(13)5-7-26(20,23)24)18-14(21)12-2-3-16-10-17-12/h2-3,10-11,13H,4-9H2,1H3,(H,18,21)/t11-,13-/m0/s1. The van der Waals surface area contributed by atoms with Crippen LogP contribution < -0.4 is 5.32 Å². The van der Waals surface area contributed by atoms with Crippen LogP contribution >= 0.6 is 0 Å². The quantitative estimate of drug-likeness (QED) is 0.650. The van der Waals surface area contributed by atoms with Gasteiger partial charge in [-0.05, 0) is 12.5 Å². The largest absolute Gasteiger partial charge is 0.383 e. The number of ether oxygens (including phenoxy) is 1. The van der Waals surface area contributed by atoms with E-state index in [1.165, 1.54) is 25.7 Å². The summed E-state index contributed by atoms with van der Waals surface area (Å²) in [6.07, 6.45) is 3.12. The number of hydrogen-bond donors (Lipinski definition) is 1. The molecule has 142 valence electrons. The molecule has 3 heterocycles. The predicted octanol–water partition coefficient (Wildman–Crippen LogP) is -1.53. The first-order valence-corrected chi connectivity index (χ1v) is 9.87. The Kier molecular flexibility index (Phi) is 5.49. The monoisotopic (exact) mass is 383 g/mol. The molecule has 2 amide bonds. The van der Waals surface area contributed by atoms with E-state index >= 15 is 0 Å². The Morgan fingerprint density at radius 3 is 2.96 bits per heavy atom. The first kappa shape index (κ1) is 18.7. The Labute approximate surface area is 151 Å². The van der Waals surface area contributed by atoms with Gasteiger partial charge < -0.3 is 10.1 Å². The fourth-order valence-electron chi connectivity index (χ4n) is 3.27. The second kappa shape index (κ2) is 7.64. The number of carbonyl (C=O) groups is 2. The van der Waals surface area contributed by atoms with Crippen molar-refractivity contribution in [3.63, 3.8) is 0 Å². The van der Waals surface area contributed by atoms with E-state index in [1.54, 1.807) is 0 Å². The number of hydrogen-bond acceptors (Lipinski definition) is 8. The zero-order valence-electron chi connectivity index (χ0n) is 14.4. The molecule has 11 heteroatoms. The molecule has 0 aromatic carbocycles. The van der Waals surface area contributed by atoms with Crippen molar-refractivity contribution in [1.82, 2.24) is 24.5 Å². The van der Waals surface area contributed by atoms with Crippen LogP contribution in [0.15, 0.2) is 18.6 Å². The number of fused-ring (bicyclic) bond motifs is 1. The molecule has 1 aromatic rings. The van der Waals surface area contributed by atoms with Crippen LogP contribution in [0.4, 0.5) is 0 Å². The molecule has 2 aliphatic rings. The van der Waals surface area contributed by atoms with E-state index in [2.05, 4.69) is 15.3 Å². The third-order valence-corrected chi connectivity index (χ3v) is 6.29. The molecule has 2 fully saturated rings. The van der Waals surface area contributed by atoms with Crippen LogP contribution in [0.5, 0.6) is 0 Å². The first-order chi connectivity index (χ1) is 12.4. The van der Waals surface area contributed by atoms with Gasteiger partial charge in [-0.15, -0.1) is 0 Å². The average Bonchev–Trinajstić information content (AvgIpc) is 3.00. The van der Waals surface area contributed by atoms with Crippen LogP contribution in [0.1, 0.15) is 16.9 Å². The highest BCUT2D eigenvalue weighted by Crippen LogP contribution is 2.24. The van der Waals surface area contributed by atoms with Gasteiger partial charge in [-0.3, -0.25) is 14.5 Å². The summed E-state index contributed by atoms with van der Waals surface area (Å²) in [5.41, 5.74) is 0.248. The Bertz CT molecular complexity index is 772. The van der Waals surface area contributed by atoms with Crippen LogP contribution in [0, 0.1) is 0 Å². The van der Waals surface area contributed by atoms with E-state index < -0.39 is 22.0 Å². The lowest BCUT2D eigenvalue weighted by molar-refractivity contribution is -0.131. The molecule has 1 aromatic heterocycles. The number of nitrogens with zero attached hydrogens (tertiary/aromatic N) is 4. The van der Waals surface area contributed by atoms with E-state index in [9.17, 15) is 18.0 Å². The van der Waals surface area contributed by atoms with Crippen molar-refractivity contribution in [2.24, 2.45) is 0 Å². The highest BCUT2D eigenvalue weighted by atomic mass is 32.2. The molecule has 10 nitrogen and oxygen atoms in total. The van der Waals surface area contributed by atoms with Gasteiger partial charge in [0.2, 0.25) is 10.0 Å².